The zero-order chi connectivity index (χ0) is 23.7. The predicted molar refractivity (Wildman–Crippen MR) is 132 cm³/mol. The Morgan fingerprint density at radius 2 is 1.76 bits per heavy atom. The maximum atomic E-state index is 13.4. The third-order valence-electron chi connectivity index (χ3n) is 6.89. The summed E-state index contributed by atoms with van der Waals surface area (Å²) in [6.45, 7) is 6.57. The Bertz CT molecular complexity index is 1040. The lowest BCUT2D eigenvalue weighted by molar-refractivity contribution is -0.137. The molecule has 9 heteroatoms. The van der Waals surface area contributed by atoms with Crippen LogP contribution in [0.2, 0.25) is 5.02 Å². The molecule has 4 heterocycles. The first-order chi connectivity index (χ1) is 16.5. The number of carbonyl (C=O) groups excluding carboxylic acids is 2. The lowest BCUT2D eigenvalue weighted by atomic mass is 9.95. The average molecular weight is 484 g/mol. The molecule has 34 heavy (non-hydrogen) atoms. The van der Waals surface area contributed by atoms with Gasteiger partial charge >= 0.3 is 6.03 Å². The first-order valence-corrected chi connectivity index (χ1v) is 12.3. The molecule has 2 aromatic rings. The average Bonchev–Trinajstić information content (AvgIpc) is 2.88. The molecule has 5 rings (SSSR count). The van der Waals surface area contributed by atoms with Gasteiger partial charge in [-0.25, -0.2) is 9.78 Å². The van der Waals surface area contributed by atoms with Crippen LogP contribution in [0.15, 0.2) is 42.6 Å². The molecule has 0 unspecified atom stereocenters. The molecule has 180 valence electrons. The SMILES string of the molecule is C[C@H]1CN(C(=O)N2CCC(C(=O)N3CCN(c4ccccn4)CC3)CC2)c2cc(Cl)ccc2O1. The molecule has 0 radical (unpaired) electrons. The van der Waals surface area contributed by atoms with Gasteiger partial charge in [0.15, 0.2) is 0 Å². The zero-order valence-electron chi connectivity index (χ0n) is 19.4. The fraction of sp³-hybridized carbons (Fsp3) is 0.480. The summed E-state index contributed by atoms with van der Waals surface area (Å²) in [5.74, 6) is 1.81. The summed E-state index contributed by atoms with van der Waals surface area (Å²) in [7, 11) is 0. The normalized spacial score (nSPS) is 21.2. The number of fused-ring (bicyclic) bond motifs is 1. The van der Waals surface area contributed by atoms with E-state index in [0.29, 0.717) is 62.0 Å². The lowest BCUT2D eigenvalue weighted by Crippen LogP contribution is -2.54. The molecular formula is C25H30ClN5O3. The molecule has 2 fully saturated rings. The summed E-state index contributed by atoms with van der Waals surface area (Å²) in [6, 6.07) is 11.2. The molecule has 1 aromatic carbocycles. The summed E-state index contributed by atoms with van der Waals surface area (Å²) in [6.07, 6.45) is 3.08. The number of urea groups is 1. The van der Waals surface area contributed by atoms with Crippen molar-refractivity contribution in [3.63, 3.8) is 0 Å². The van der Waals surface area contributed by atoms with Gasteiger partial charge in [-0.1, -0.05) is 17.7 Å². The zero-order valence-corrected chi connectivity index (χ0v) is 20.2. The molecule has 2 saturated heterocycles. The minimum atomic E-state index is -0.0958. The molecular weight excluding hydrogens is 454 g/mol. The molecule has 8 nitrogen and oxygen atoms in total. The highest BCUT2D eigenvalue weighted by molar-refractivity contribution is 6.31. The number of halogens is 1. The van der Waals surface area contributed by atoms with E-state index in [9.17, 15) is 9.59 Å². The van der Waals surface area contributed by atoms with Crippen molar-refractivity contribution in [2.75, 3.05) is 55.6 Å². The van der Waals surface area contributed by atoms with E-state index in [-0.39, 0.29) is 24.0 Å². The van der Waals surface area contributed by atoms with Crippen molar-refractivity contribution < 1.29 is 14.3 Å². The van der Waals surface area contributed by atoms with Crippen LogP contribution in [0.3, 0.4) is 0 Å². The largest absolute Gasteiger partial charge is 0.487 e. The van der Waals surface area contributed by atoms with Crippen LogP contribution in [0.5, 0.6) is 5.75 Å². The van der Waals surface area contributed by atoms with Gasteiger partial charge in [0.05, 0.1) is 12.2 Å². The Balaban J connectivity index is 1.16. The number of aromatic nitrogens is 1. The molecule has 3 amide bonds. The van der Waals surface area contributed by atoms with Gasteiger partial charge in [0.1, 0.15) is 17.7 Å². The maximum absolute atomic E-state index is 13.4. The minimum Gasteiger partial charge on any atom is -0.487 e. The highest BCUT2D eigenvalue weighted by Gasteiger charge is 2.35. The molecule has 0 saturated carbocycles. The van der Waals surface area contributed by atoms with Gasteiger partial charge < -0.3 is 19.4 Å². The second-order valence-electron chi connectivity index (χ2n) is 9.20. The highest BCUT2D eigenvalue weighted by Crippen LogP contribution is 2.36. The van der Waals surface area contributed by atoms with Gasteiger partial charge in [-0.3, -0.25) is 9.69 Å². The van der Waals surface area contributed by atoms with Crippen molar-refractivity contribution in [3.05, 3.63) is 47.6 Å². The number of likely N-dealkylation sites (tertiary alicyclic amines) is 1. The Hall–Kier alpha value is -3.00. The standard InChI is InChI=1S/C25H30ClN5O3/c1-18-17-31(21-16-20(26)5-6-22(21)34-18)25(33)30-10-7-19(8-11-30)24(32)29-14-12-28(13-15-29)23-4-2-3-9-27-23/h2-6,9,16,18-19H,7-8,10-15,17H2,1H3/t18-/m0/s1. The van der Waals surface area contributed by atoms with E-state index >= 15 is 0 Å². The van der Waals surface area contributed by atoms with E-state index in [0.717, 1.165) is 18.9 Å². The van der Waals surface area contributed by atoms with Gasteiger partial charge in [0.25, 0.3) is 0 Å². The number of anilines is 2. The maximum Gasteiger partial charge on any atom is 0.324 e. The molecule has 3 aliphatic rings. The molecule has 3 aliphatic heterocycles. The van der Waals surface area contributed by atoms with E-state index in [1.54, 1.807) is 23.2 Å². The van der Waals surface area contributed by atoms with Gasteiger partial charge in [-0.2, -0.15) is 0 Å². The van der Waals surface area contributed by atoms with E-state index in [4.69, 9.17) is 16.3 Å². The van der Waals surface area contributed by atoms with Gasteiger partial charge in [0.2, 0.25) is 5.91 Å². The number of amides is 3. The molecule has 0 N–H and O–H groups in total. The van der Waals surface area contributed by atoms with Crippen LogP contribution in [0.25, 0.3) is 0 Å². The molecule has 0 aliphatic carbocycles. The number of piperidine rings is 1. The number of pyridine rings is 1. The van der Waals surface area contributed by atoms with Crippen LogP contribution in [0, 0.1) is 5.92 Å². The van der Waals surface area contributed by atoms with Crippen LogP contribution < -0.4 is 14.5 Å². The Morgan fingerprint density at radius 1 is 1.00 bits per heavy atom. The van der Waals surface area contributed by atoms with Gasteiger partial charge in [0, 0.05) is 56.4 Å². The number of benzene rings is 1. The van der Waals surface area contributed by atoms with E-state index in [2.05, 4.69) is 9.88 Å². The predicted octanol–water partition coefficient (Wildman–Crippen LogP) is 3.50. The molecule has 1 atom stereocenters. The Labute approximate surface area is 205 Å². The second-order valence-corrected chi connectivity index (χ2v) is 9.63. The Kier molecular flexibility index (Phi) is 6.50. The topological polar surface area (TPSA) is 69.2 Å². The van der Waals surface area contributed by atoms with Crippen molar-refractivity contribution in [3.8, 4) is 5.75 Å². The van der Waals surface area contributed by atoms with Gasteiger partial charge in [-0.05, 0) is 50.1 Å². The summed E-state index contributed by atoms with van der Waals surface area (Å²) in [5, 5.41) is 0.571. The molecule has 0 spiro atoms. The third kappa shape index (κ3) is 4.64. The van der Waals surface area contributed by atoms with E-state index in [1.807, 2.05) is 41.0 Å². The summed E-state index contributed by atoms with van der Waals surface area (Å²) < 4.78 is 5.88. The number of ether oxygens (including phenoxy) is 1. The van der Waals surface area contributed by atoms with E-state index in [1.165, 1.54) is 0 Å². The van der Waals surface area contributed by atoms with Crippen molar-refractivity contribution in [1.29, 1.82) is 0 Å². The quantitative estimate of drug-likeness (QED) is 0.654. The van der Waals surface area contributed by atoms with Gasteiger partial charge in [-0.15, -0.1) is 0 Å². The van der Waals surface area contributed by atoms with Crippen molar-refractivity contribution >= 4 is 35.0 Å². The third-order valence-corrected chi connectivity index (χ3v) is 7.12. The second kappa shape index (κ2) is 9.70. The van der Waals surface area contributed by atoms with Crippen LogP contribution in [-0.2, 0) is 4.79 Å². The first kappa shape index (κ1) is 22.8. The van der Waals surface area contributed by atoms with Crippen LogP contribution >= 0.6 is 11.6 Å². The fourth-order valence-electron chi connectivity index (χ4n) is 5.04. The summed E-state index contributed by atoms with van der Waals surface area (Å²) in [5.41, 5.74) is 0.708. The van der Waals surface area contributed by atoms with Crippen LogP contribution in [0.1, 0.15) is 19.8 Å². The number of hydrogen-bond donors (Lipinski definition) is 0. The number of nitrogens with zero attached hydrogens (tertiary/aromatic N) is 5. The summed E-state index contributed by atoms with van der Waals surface area (Å²) in [4.78, 5) is 38.8. The highest BCUT2D eigenvalue weighted by atomic mass is 35.5. The van der Waals surface area contributed by atoms with E-state index < -0.39 is 0 Å². The molecule has 0 bridgehead atoms. The minimum absolute atomic E-state index is 0.0317. The number of hydrogen-bond acceptors (Lipinski definition) is 5. The fourth-order valence-corrected chi connectivity index (χ4v) is 5.20. The number of rotatable bonds is 2. The lowest BCUT2D eigenvalue weighted by Gasteiger charge is -2.41. The monoisotopic (exact) mass is 483 g/mol. The Morgan fingerprint density at radius 3 is 2.47 bits per heavy atom. The number of piperazine rings is 1. The van der Waals surface area contributed by atoms with Crippen molar-refractivity contribution in [2.45, 2.75) is 25.9 Å². The summed E-state index contributed by atoms with van der Waals surface area (Å²) >= 11 is 6.18. The first-order valence-electron chi connectivity index (χ1n) is 12.0. The van der Waals surface area contributed by atoms with Crippen molar-refractivity contribution in [1.82, 2.24) is 14.8 Å². The van der Waals surface area contributed by atoms with Crippen LogP contribution in [-0.4, -0.2) is 78.6 Å². The van der Waals surface area contributed by atoms with Crippen LogP contribution in [0.4, 0.5) is 16.3 Å². The number of carbonyl (C=O) groups is 2. The molecule has 1 aromatic heterocycles. The van der Waals surface area contributed by atoms with Crippen molar-refractivity contribution in [2.24, 2.45) is 5.92 Å². The smallest absolute Gasteiger partial charge is 0.324 e.